The lowest BCUT2D eigenvalue weighted by Gasteiger charge is -2.30. The van der Waals surface area contributed by atoms with Crippen LogP contribution in [0.25, 0.3) is 11.0 Å². The molecule has 1 aliphatic carbocycles. The number of nitrogens with one attached hydrogen (secondary N) is 1. The second-order valence-electron chi connectivity index (χ2n) is 14.3. The summed E-state index contributed by atoms with van der Waals surface area (Å²) in [5, 5.41) is 2.70. The van der Waals surface area contributed by atoms with E-state index in [9.17, 15) is 19.2 Å². The predicted octanol–water partition coefficient (Wildman–Crippen LogP) is 6.20. The van der Waals surface area contributed by atoms with Crippen molar-refractivity contribution in [3.8, 4) is 5.88 Å². The lowest BCUT2D eigenvalue weighted by Crippen LogP contribution is -2.52. The molecule has 13 heteroatoms. The van der Waals surface area contributed by atoms with E-state index in [1.807, 2.05) is 12.2 Å². The lowest BCUT2D eigenvalue weighted by molar-refractivity contribution is -0.152. The number of para-hydroxylation sites is 2. The number of ether oxygens (including phenoxy) is 3. The van der Waals surface area contributed by atoms with Crippen molar-refractivity contribution in [3.05, 3.63) is 54.8 Å². The standard InChI is InChI=1S/C37H46F2N4O7/c1-6-37(38,39)30-31(41-26-17-14-13-16-25(26)40-30)49-24-19-28-29(44)21-36(33(46)48-7-2)20-23(36)15-11-9-8-10-12-18-27(32(45)43(28)22-24)42-34(47)50-35(3,4)5/h6,11,13-17,23-24,27-28H,1,7-10,12,18-22H2,2-5H3,(H,42,47)/b15-11-/t23-,24+,27-,28-,36+/m0/s1. The first kappa shape index (κ1) is 36.9. The summed E-state index contributed by atoms with van der Waals surface area (Å²) in [6.45, 7) is 10.1. The summed E-state index contributed by atoms with van der Waals surface area (Å²) in [4.78, 5) is 64.6. The number of Topliss-reactive ketones (excluding diaryl/α,β-unsaturated/α-hetero) is 1. The van der Waals surface area contributed by atoms with Crippen molar-refractivity contribution in [2.45, 2.75) is 109 Å². The highest BCUT2D eigenvalue weighted by atomic mass is 19.3. The molecule has 3 aliphatic rings. The largest absolute Gasteiger partial charge is 0.471 e. The summed E-state index contributed by atoms with van der Waals surface area (Å²) in [5.41, 5.74) is -2.08. The summed E-state index contributed by atoms with van der Waals surface area (Å²) in [6, 6.07) is 4.39. The molecule has 1 aromatic heterocycles. The van der Waals surface area contributed by atoms with Crippen LogP contribution in [0.1, 0.15) is 84.8 Å². The van der Waals surface area contributed by atoms with E-state index in [-0.39, 0.29) is 49.6 Å². The third kappa shape index (κ3) is 8.30. The topological polar surface area (TPSA) is 137 Å². The average Bonchev–Trinajstić information content (AvgIpc) is 3.59. The Morgan fingerprint density at radius 3 is 2.52 bits per heavy atom. The van der Waals surface area contributed by atoms with Gasteiger partial charge in [0.05, 0.1) is 35.6 Å². The Balaban J connectivity index is 1.50. The van der Waals surface area contributed by atoms with Crippen LogP contribution < -0.4 is 10.1 Å². The molecule has 1 N–H and O–H groups in total. The van der Waals surface area contributed by atoms with Gasteiger partial charge < -0.3 is 24.4 Å². The number of amides is 2. The predicted molar refractivity (Wildman–Crippen MR) is 180 cm³/mol. The van der Waals surface area contributed by atoms with E-state index in [1.165, 1.54) is 4.90 Å². The number of benzene rings is 1. The number of hydrogen-bond acceptors (Lipinski definition) is 9. The van der Waals surface area contributed by atoms with Gasteiger partial charge in [0.15, 0.2) is 11.5 Å². The van der Waals surface area contributed by atoms with E-state index >= 15 is 8.78 Å². The van der Waals surface area contributed by atoms with Crippen molar-refractivity contribution >= 4 is 34.8 Å². The zero-order valence-electron chi connectivity index (χ0n) is 29.1. The molecule has 0 radical (unpaired) electrons. The molecule has 1 saturated carbocycles. The molecule has 2 amide bonds. The molecule has 0 unspecified atom stereocenters. The Hall–Kier alpha value is -4.42. The Bertz CT molecular complexity index is 1660. The van der Waals surface area contributed by atoms with E-state index in [4.69, 9.17) is 14.2 Å². The van der Waals surface area contributed by atoms with Crippen molar-refractivity contribution in [1.29, 1.82) is 0 Å². The number of rotatable bonds is 7. The summed E-state index contributed by atoms with van der Waals surface area (Å²) >= 11 is 0. The second kappa shape index (κ2) is 14.8. The molecular formula is C37H46F2N4O7. The number of fused-ring (bicyclic) bond motifs is 3. The van der Waals surface area contributed by atoms with Gasteiger partial charge >= 0.3 is 18.0 Å². The summed E-state index contributed by atoms with van der Waals surface area (Å²) in [7, 11) is 0. The highest BCUT2D eigenvalue weighted by Crippen LogP contribution is 2.57. The van der Waals surface area contributed by atoms with Crippen LogP contribution in [0.5, 0.6) is 5.88 Å². The first-order chi connectivity index (χ1) is 23.7. The van der Waals surface area contributed by atoms with Crippen molar-refractivity contribution in [1.82, 2.24) is 20.2 Å². The Morgan fingerprint density at radius 1 is 1.12 bits per heavy atom. The van der Waals surface area contributed by atoms with Gasteiger partial charge in [-0.2, -0.15) is 8.78 Å². The van der Waals surface area contributed by atoms with Crippen LogP contribution in [0.4, 0.5) is 13.6 Å². The molecule has 1 aromatic carbocycles. The lowest BCUT2D eigenvalue weighted by atomic mass is 9.91. The second-order valence-corrected chi connectivity index (χ2v) is 14.3. The van der Waals surface area contributed by atoms with Gasteiger partial charge in [0.2, 0.25) is 11.8 Å². The van der Waals surface area contributed by atoms with E-state index in [2.05, 4.69) is 21.9 Å². The maximum absolute atomic E-state index is 15.1. The number of hydrogen-bond donors (Lipinski definition) is 1. The van der Waals surface area contributed by atoms with Gasteiger partial charge in [-0.3, -0.25) is 14.4 Å². The highest BCUT2D eigenvalue weighted by Gasteiger charge is 2.61. The molecule has 11 nitrogen and oxygen atoms in total. The molecule has 1 saturated heterocycles. The number of allylic oxidation sites excluding steroid dienone is 3. The third-order valence-corrected chi connectivity index (χ3v) is 9.33. The van der Waals surface area contributed by atoms with Crippen molar-refractivity contribution in [2.75, 3.05) is 13.2 Å². The minimum absolute atomic E-state index is 0.0588. The first-order valence-corrected chi connectivity index (χ1v) is 17.3. The number of alkyl carbamates (subject to hydrolysis) is 1. The number of aromatic nitrogens is 2. The fraction of sp³-hybridized carbons (Fsp3) is 0.568. The summed E-state index contributed by atoms with van der Waals surface area (Å²) in [6.07, 6.45) is 6.16. The van der Waals surface area contributed by atoms with E-state index in [0.29, 0.717) is 24.4 Å². The van der Waals surface area contributed by atoms with Gasteiger partial charge in [0.25, 0.3) is 0 Å². The Morgan fingerprint density at radius 2 is 1.84 bits per heavy atom. The Labute approximate surface area is 290 Å². The zero-order valence-corrected chi connectivity index (χ0v) is 29.1. The van der Waals surface area contributed by atoms with Crippen LogP contribution in [0.15, 0.2) is 49.1 Å². The molecule has 0 bridgehead atoms. The van der Waals surface area contributed by atoms with Crippen LogP contribution in [-0.4, -0.2) is 75.6 Å². The summed E-state index contributed by atoms with van der Waals surface area (Å²) < 4.78 is 47.2. The van der Waals surface area contributed by atoms with Crippen LogP contribution in [0, 0.1) is 11.3 Å². The van der Waals surface area contributed by atoms with Crippen LogP contribution in [-0.2, 0) is 29.8 Å². The highest BCUT2D eigenvalue weighted by molar-refractivity contribution is 5.96. The number of alkyl halides is 2. The van der Waals surface area contributed by atoms with E-state index in [1.54, 1.807) is 52.0 Å². The molecule has 2 aliphatic heterocycles. The first-order valence-electron chi connectivity index (χ1n) is 17.3. The molecule has 50 heavy (non-hydrogen) atoms. The molecule has 3 heterocycles. The molecule has 270 valence electrons. The van der Waals surface area contributed by atoms with Crippen LogP contribution in [0.3, 0.4) is 0 Å². The Kier molecular flexibility index (Phi) is 10.9. The van der Waals surface area contributed by atoms with Gasteiger partial charge in [0.1, 0.15) is 17.7 Å². The van der Waals surface area contributed by atoms with Gasteiger partial charge in [-0.05, 0) is 77.5 Å². The fourth-order valence-electron chi connectivity index (χ4n) is 6.72. The number of carbonyl (C=O) groups excluding carboxylic acids is 4. The minimum Gasteiger partial charge on any atom is -0.471 e. The number of esters is 1. The SMILES string of the molecule is C=CC(F)(F)c1nc2ccccc2nc1O[C@@H]1C[C@H]2C(=O)C[C@]3(C(=O)OCC)C[C@@H]3/C=C\CCCCC[C@H](NC(=O)OC(C)(C)C)C(=O)N2C1. The van der Waals surface area contributed by atoms with Gasteiger partial charge in [-0.1, -0.05) is 43.7 Å². The number of ketones is 1. The molecule has 0 spiro atoms. The van der Waals surface area contributed by atoms with E-state index in [0.717, 1.165) is 19.3 Å². The monoisotopic (exact) mass is 696 g/mol. The van der Waals surface area contributed by atoms with Crippen molar-refractivity contribution in [3.63, 3.8) is 0 Å². The minimum atomic E-state index is -3.59. The number of halogens is 2. The normalized spacial score (nSPS) is 26.9. The quantitative estimate of drug-likeness (QED) is 0.265. The smallest absolute Gasteiger partial charge is 0.408 e. The number of nitrogens with zero attached hydrogens (tertiary/aromatic N) is 3. The molecular weight excluding hydrogens is 650 g/mol. The third-order valence-electron chi connectivity index (χ3n) is 9.33. The van der Waals surface area contributed by atoms with E-state index < -0.39 is 64.7 Å². The maximum Gasteiger partial charge on any atom is 0.408 e. The maximum atomic E-state index is 15.1. The van der Waals surface area contributed by atoms with Crippen molar-refractivity contribution < 1.29 is 42.2 Å². The van der Waals surface area contributed by atoms with Crippen molar-refractivity contribution in [2.24, 2.45) is 11.3 Å². The summed E-state index contributed by atoms with van der Waals surface area (Å²) in [5.74, 6) is -5.62. The zero-order chi connectivity index (χ0) is 36.3. The van der Waals surface area contributed by atoms with Gasteiger partial charge in [0, 0.05) is 12.8 Å². The van der Waals surface area contributed by atoms with Gasteiger partial charge in [-0.15, -0.1) is 0 Å². The van der Waals surface area contributed by atoms with Gasteiger partial charge in [-0.25, -0.2) is 14.8 Å². The molecule has 2 fully saturated rings. The van der Waals surface area contributed by atoms with Crippen LogP contribution >= 0.6 is 0 Å². The molecule has 2 aromatic rings. The molecule has 5 atom stereocenters. The van der Waals surface area contributed by atoms with Crippen LogP contribution in [0.2, 0.25) is 0 Å². The molecule has 5 rings (SSSR count). The fourth-order valence-corrected chi connectivity index (χ4v) is 6.72. The number of carbonyl (C=O) groups is 4. The average molecular weight is 697 g/mol.